The zero-order valence-corrected chi connectivity index (χ0v) is 16.7. The van der Waals surface area contributed by atoms with E-state index in [4.69, 9.17) is 11.6 Å². The van der Waals surface area contributed by atoms with E-state index in [-0.39, 0.29) is 18.1 Å². The number of carbonyl (C=O) groups excluding carboxylic acids is 2. The standard InChI is InChI=1S/C22H20ClN3O2/c1-12-7-13(2)9-17(8-12)26-22-20(14(3)25-26)18(11-19(27)24-22)21(28)15-5-4-6-16(23)10-15/h4-10,18H,11H2,1-3H3,(H,24,27)/t18-/m0/s1. The van der Waals surface area contributed by atoms with Gasteiger partial charge in [0.25, 0.3) is 0 Å². The predicted molar refractivity (Wildman–Crippen MR) is 110 cm³/mol. The number of halogens is 1. The molecule has 0 saturated heterocycles. The summed E-state index contributed by atoms with van der Waals surface area (Å²) in [4.78, 5) is 25.6. The Morgan fingerprint density at radius 3 is 2.54 bits per heavy atom. The fraction of sp³-hybridized carbons (Fsp3) is 0.227. The number of aryl methyl sites for hydroxylation is 3. The number of aromatic nitrogens is 2. The molecule has 0 fully saturated rings. The van der Waals surface area contributed by atoms with Gasteiger partial charge in [0.2, 0.25) is 5.91 Å². The number of anilines is 1. The lowest BCUT2D eigenvalue weighted by atomic mass is 9.85. The lowest BCUT2D eigenvalue weighted by Gasteiger charge is -2.23. The summed E-state index contributed by atoms with van der Waals surface area (Å²) in [5, 5.41) is 8.06. The summed E-state index contributed by atoms with van der Waals surface area (Å²) >= 11 is 6.05. The van der Waals surface area contributed by atoms with Crippen LogP contribution in [0.2, 0.25) is 5.02 Å². The molecule has 0 bridgehead atoms. The first-order valence-electron chi connectivity index (χ1n) is 9.11. The highest BCUT2D eigenvalue weighted by Gasteiger charge is 2.36. The van der Waals surface area contributed by atoms with E-state index in [0.717, 1.165) is 28.1 Å². The first kappa shape index (κ1) is 18.4. The second-order valence-electron chi connectivity index (χ2n) is 7.28. The van der Waals surface area contributed by atoms with Gasteiger partial charge in [0, 0.05) is 22.6 Å². The maximum absolute atomic E-state index is 13.2. The van der Waals surface area contributed by atoms with Crippen LogP contribution < -0.4 is 5.32 Å². The van der Waals surface area contributed by atoms with Crippen molar-refractivity contribution in [1.82, 2.24) is 9.78 Å². The number of Topliss-reactive ketones (excluding diaryl/α,β-unsaturated/α-hetero) is 1. The monoisotopic (exact) mass is 393 g/mol. The van der Waals surface area contributed by atoms with Crippen LogP contribution in [0.5, 0.6) is 0 Å². The maximum atomic E-state index is 13.2. The largest absolute Gasteiger partial charge is 0.310 e. The van der Waals surface area contributed by atoms with Gasteiger partial charge in [-0.3, -0.25) is 9.59 Å². The highest BCUT2D eigenvalue weighted by Crippen LogP contribution is 2.38. The lowest BCUT2D eigenvalue weighted by Crippen LogP contribution is -2.28. The molecular weight excluding hydrogens is 374 g/mol. The molecule has 2 aromatic carbocycles. The van der Waals surface area contributed by atoms with Crippen molar-refractivity contribution in [1.29, 1.82) is 0 Å². The van der Waals surface area contributed by atoms with Crippen LogP contribution in [0.3, 0.4) is 0 Å². The number of rotatable bonds is 3. The Bertz CT molecular complexity index is 1100. The van der Waals surface area contributed by atoms with E-state index >= 15 is 0 Å². The minimum atomic E-state index is -0.582. The lowest BCUT2D eigenvalue weighted by molar-refractivity contribution is -0.116. The van der Waals surface area contributed by atoms with Gasteiger partial charge in [-0.25, -0.2) is 4.68 Å². The third-order valence-electron chi connectivity index (χ3n) is 4.98. The number of nitrogens with zero attached hydrogens (tertiary/aromatic N) is 2. The van der Waals surface area contributed by atoms with E-state index in [1.54, 1.807) is 28.9 Å². The van der Waals surface area contributed by atoms with Crippen molar-refractivity contribution >= 4 is 29.1 Å². The highest BCUT2D eigenvalue weighted by molar-refractivity contribution is 6.31. The molecule has 4 rings (SSSR count). The molecule has 1 atom stereocenters. The molecule has 6 heteroatoms. The first-order chi connectivity index (χ1) is 13.3. The summed E-state index contributed by atoms with van der Waals surface area (Å²) in [6.07, 6.45) is 0.0950. The van der Waals surface area contributed by atoms with Gasteiger partial charge >= 0.3 is 0 Å². The van der Waals surface area contributed by atoms with Crippen molar-refractivity contribution in [3.8, 4) is 5.69 Å². The molecule has 0 aliphatic carbocycles. The van der Waals surface area contributed by atoms with Crippen molar-refractivity contribution in [2.24, 2.45) is 0 Å². The van der Waals surface area contributed by atoms with Gasteiger partial charge in [0.15, 0.2) is 5.78 Å². The number of hydrogen-bond donors (Lipinski definition) is 1. The van der Waals surface area contributed by atoms with Gasteiger partial charge in [-0.05, 0) is 56.2 Å². The fourth-order valence-corrected chi connectivity index (χ4v) is 4.06. The molecule has 5 nitrogen and oxygen atoms in total. The van der Waals surface area contributed by atoms with E-state index in [1.165, 1.54) is 0 Å². The van der Waals surface area contributed by atoms with Crippen LogP contribution in [-0.4, -0.2) is 21.5 Å². The van der Waals surface area contributed by atoms with Crippen LogP contribution in [0.4, 0.5) is 5.82 Å². The van der Waals surface area contributed by atoms with Crippen LogP contribution in [0.15, 0.2) is 42.5 Å². The number of benzene rings is 2. The predicted octanol–water partition coefficient (Wildman–Crippen LogP) is 4.76. The van der Waals surface area contributed by atoms with Gasteiger partial charge in [-0.1, -0.05) is 29.8 Å². The van der Waals surface area contributed by atoms with Crippen LogP contribution in [0, 0.1) is 20.8 Å². The number of nitrogens with one attached hydrogen (secondary N) is 1. The van der Waals surface area contributed by atoms with Crippen molar-refractivity contribution < 1.29 is 9.59 Å². The molecule has 0 saturated carbocycles. The number of fused-ring (bicyclic) bond motifs is 1. The Hall–Kier alpha value is -2.92. The van der Waals surface area contributed by atoms with E-state index in [0.29, 0.717) is 16.4 Å². The minimum Gasteiger partial charge on any atom is -0.310 e. The molecule has 0 radical (unpaired) electrons. The van der Waals surface area contributed by atoms with E-state index < -0.39 is 5.92 Å². The van der Waals surface area contributed by atoms with Gasteiger partial charge < -0.3 is 5.32 Å². The molecule has 1 N–H and O–H groups in total. The summed E-state index contributed by atoms with van der Waals surface area (Å²) < 4.78 is 1.72. The molecule has 1 aromatic heterocycles. The number of amides is 1. The number of carbonyl (C=O) groups is 2. The van der Waals surface area contributed by atoms with Crippen LogP contribution in [-0.2, 0) is 4.79 Å². The summed E-state index contributed by atoms with van der Waals surface area (Å²) in [6, 6.07) is 12.9. The number of hydrogen-bond acceptors (Lipinski definition) is 3. The Morgan fingerprint density at radius 1 is 1.14 bits per heavy atom. The SMILES string of the molecule is Cc1cc(C)cc(-n2nc(C)c3c2NC(=O)C[C@@H]3C(=O)c2cccc(Cl)c2)c1. The third kappa shape index (κ3) is 3.22. The Kier molecular flexibility index (Phi) is 4.55. The van der Waals surface area contributed by atoms with E-state index in [2.05, 4.69) is 16.5 Å². The number of ketones is 1. The highest BCUT2D eigenvalue weighted by atomic mass is 35.5. The van der Waals surface area contributed by atoms with E-state index in [9.17, 15) is 9.59 Å². The van der Waals surface area contributed by atoms with Gasteiger partial charge in [-0.2, -0.15) is 5.10 Å². The molecule has 1 aliphatic rings. The minimum absolute atomic E-state index is 0.0950. The molecule has 1 aliphatic heterocycles. The summed E-state index contributed by atoms with van der Waals surface area (Å²) in [6.45, 7) is 5.90. The third-order valence-corrected chi connectivity index (χ3v) is 5.21. The Labute approximate surface area is 168 Å². The second-order valence-corrected chi connectivity index (χ2v) is 7.72. The topological polar surface area (TPSA) is 64.0 Å². The van der Waals surface area contributed by atoms with Crippen molar-refractivity contribution in [3.05, 3.63) is 75.4 Å². The van der Waals surface area contributed by atoms with Crippen molar-refractivity contribution in [2.75, 3.05) is 5.32 Å². The molecule has 0 spiro atoms. The van der Waals surface area contributed by atoms with Gasteiger partial charge in [0.1, 0.15) is 5.82 Å². The average Bonchev–Trinajstić information content (AvgIpc) is 2.96. The molecule has 2 heterocycles. The van der Waals surface area contributed by atoms with E-state index in [1.807, 2.05) is 32.9 Å². The summed E-state index contributed by atoms with van der Waals surface area (Å²) in [5.41, 5.74) is 5.06. The van der Waals surface area contributed by atoms with Crippen molar-refractivity contribution in [3.63, 3.8) is 0 Å². The quantitative estimate of drug-likeness (QED) is 0.652. The smallest absolute Gasteiger partial charge is 0.226 e. The molecule has 1 amide bonds. The van der Waals surface area contributed by atoms with Gasteiger partial charge in [0.05, 0.1) is 17.3 Å². The zero-order chi connectivity index (χ0) is 20.0. The Morgan fingerprint density at radius 2 is 1.86 bits per heavy atom. The van der Waals surface area contributed by atoms with Crippen molar-refractivity contribution in [2.45, 2.75) is 33.1 Å². The van der Waals surface area contributed by atoms with Crippen LogP contribution in [0.25, 0.3) is 5.69 Å². The molecular formula is C22H20ClN3O2. The summed E-state index contributed by atoms with van der Waals surface area (Å²) in [5.74, 6) is -0.332. The molecule has 3 aromatic rings. The Balaban J connectivity index is 1.84. The maximum Gasteiger partial charge on any atom is 0.226 e. The fourth-order valence-electron chi connectivity index (χ4n) is 3.87. The van der Waals surface area contributed by atoms with Crippen LogP contribution >= 0.6 is 11.6 Å². The molecule has 142 valence electrons. The normalized spacial score (nSPS) is 15.9. The first-order valence-corrected chi connectivity index (χ1v) is 9.49. The van der Waals surface area contributed by atoms with Gasteiger partial charge in [-0.15, -0.1) is 0 Å². The summed E-state index contributed by atoms with van der Waals surface area (Å²) in [7, 11) is 0. The zero-order valence-electron chi connectivity index (χ0n) is 15.9. The molecule has 28 heavy (non-hydrogen) atoms. The van der Waals surface area contributed by atoms with Crippen LogP contribution in [0.1, 0.15) is 45.1 Å². The average molecular weight is 394 g/mol. The molecule has 0 unspecified atom stereocenters. The second kappa shape index (κ2) is 6.91.